The topological polar surface area (TPSA) is 65.0 Å². The lowest BCUT2D eigenvalue weighted by molar-refractivity contribution is -0.0155. The van der Waals surface area contributed by atoms with Gasteiger partial charge in [0.15, 0.2) is 5.85 Å². The van der Waals surface area contributed by atoms with Crippen molar-refractivity contribution in [3.05, 3.63) is 29.8 Å². The van der Waals surface area contributed by atoms with Crippen molar-refractivity contribution in [1.29, 1.82) is 0 Å². The lowest BCUT2D eigenvalue weighted by Gasteiger charge is -2.42. The zero-order valence-corrected chi connectivity index (χ0v) is 23.2. The molecule has 8 atom stereocenters. The van der Waals surface area contributed by atoms with Crippen LogP contribution in [0.25, 0.3) is 0 Å². The summed E-state index contributed by atoms with van der Waals surface area (Å²) < 4.78 is 33.3. The van der Waals surface area contributed by atoms with Gasteiger partial charge in [-0.2, -0.15) is 0 Å². The van der Waals surface area contributed by atoms with Gasteiger partial charge in [0.25, 0.3) is 0 Å². The van der Waals surface area contributed by atoms with Gasteiger partial charge in [-0.1, -0.05) is 72.6 Å². The van der Waals surface area contributed by atoms with Crippen LogP contribution in [0.2, 0.25) is 0 Å². The van der Waals surface area contributed by atoms with E-state index < -0.39 is 13.4 Å². The molecular formula is C28H47O5P. The van der Waals surface area contributed by atoms with E-state index in [0.29, 0.717) is 46.8 Å². The Balaban J connectivity index is 1.98. The van der Waals surface area contributed by atoms with Crippen LogP contribution in [-0.4, -0.2) is 24.4 Å². The average molecular weight is 495 g/mol. The molecule has 2 saturated carbocycles. The maximum absolute atomic E-state index is 14.7. The Morgan fingerprint density at radius 2 is 1.32 bits per heavy atom. The van der Waals surface area contributed by atoms with Crippen LogP contribution in [-0.2, 0) is 13.6 Å². The Kier molecular flexibility index (Phi) is 9.71. The molecule has 2 aliphatic carbocycles. The fraction of sp³-hybridized carbons (Fsp3) is 0.786. The van der Waals surface area contributed by atoms with E-state index in [4.69, 9.17) is 13.8 Å². The Morgan fingerprint density at radius 3 is 1.76 bits per heavy atom. The van der Waals surface area contributed by atoms with Crippen LogP contribution >= 0.6 is 7.60 Å². The maximum atomic E-state index is 14.7. The second kappa shape index (κ2) is 11.9. The molecule has 6 heteroatoms. The van der Waals surface area contributed by atoms with Gasteiger partial charge in [-0.15, -0.1) is 0 Å². The lowest BCUT2D eigenvalue weighted by Crippen LogP contribution is -2.37. The molecule has 3 rings (SSSR count). The van der Waals surface area contributed by atoms with Crippen molar-refractivity contribution >= 4 is 7.60 Å². The number of methoxy groups -OCH3 is 1. The molecule has 0 heterocycles. The number of ether oxygens (including phenoxy) is 1. The van der Waals surface area contributed by atoms with E-state index in [1.54, 1.807) is 19.2 Å². The summed E-state index contributed by atoms with van der Waals surface area (Å²) >= 11 is 0. The summed E-state index contributed by atoms with van der Waals surface area (Å²) in [4.78, 5) is 0. The van der Waals surface area contributed by atoms with Crippen molar-refractivity contribution in [2.75, 3.05) is 7.11 Å². The van der Waals surface area contributed by atoms with E-state index in [-0.39, 0.29) is 12.2 Å². The monoisotopic (exact) mass is 494 g/mol. The Hall–Kier alpha value is -0.870. The summed E-state index contributed by atoms with van der Waals surface area (Å²) in [5.74, 6) is 1.51. The number of hydrogen-bond acceptors (Lipinski definition) is 5. The third kappa shape index (κ3) is 6.46. The summed E-state index contributed by atoms with van der Waals surface area (Å²) in [5.41, 5.74) is 0.461. The Morgan fingerprint density at radius 1 is 0.853 bits per heavy atom. The highest BCUT2D eigenvalue weighted by Crippen LogP contribution is 2.65. The van der Waals surface area contributed by atoms with Crippen LogP contribution in [0.1, 0.15) is 91.5 Å². The molecule has 0 spiro atoms. The highest BCUT2D eigenvalue weighted by molar-refractivity contribution is 7.54. The first-order chi connectivity index (χ1) is 16.1. The van der Waals surface area contributed by atoms with Crippen molar-refractivity contribution < 1.29 is 23.5 Å². The van der Waals surface area contributed by atoms with Crippen LogP contribution < -0.4 is 4.74 Å². The lowest BCUT2D eigenvalue weighted by atomic mass is 9.75. The van der Waals surface area contributed by atoms with Gasteiger partial charge in [0.05, 0.1) is 19.3 Å². The molecule has 2 fully saturated rings. The van der Waals surface area contributed by atoms with Gasteiger partial charge < -0.3 is 18.9 Å². The standard InChI is InChI=1S/C28H47O5P/c1-18(2)22-14-12-20(5)16-26(22)32-34(30,28(29)24-10-8-9-11-25(24)31-7)33-27-17-21(6)13-15-23(27)19(3)4/h8-11,18-23,26-29H,12-17H2,1-7H3/t20-,21-,22-,23+,26-,27-,28-,34?/m1/s1. The molecule has 0 aromatic heterocycles. The fourth-order valence-electron chi connectivity index (χ4n) is 6.04. The predicted octanol–water partition coefficient (Wildman–Crippen LogP) is 7.83. The smallest absolute Gasteiger partial charge is 0.364 e. The van der Waals surface area contributed by atoms with Crippen molar-refractivity contribution in [1.82, 2.24) is 0 Å². The van der Waals surface area contributed by atoms with Crippen molar-refractivity contribution in [3.8, 4) is 5.75 Å². The molecule has 1 N–H and O–H groups in total. The summed E-state index contributed by atoms with van der Waals surface area (Å²) in [6.45, 7) is 13.3. The second-order valence-electron chi connectivity index (χ2n) is 11.6. The average Bonchev–Trinajstić information content (AvgIpc) is 2.78. The minimum absolute atomic E-state index is 0.197. The molecule has 1 aromatic rings. The van der Waals surface area contributed by atoms with E-state index in [2.05, 4.69) is 41.5 Å². The van der Waals surface area contributed by atoms with Gasteiger partial charge in [0.2, 0.25) is 0 Å². The minimum atomic E-state index is -3.94. The number of benzene rings is 1. The molecule has 194 valence electrons. The molecule has 2 aliphatic rings. The molecule has 1 unspecified atom stereocenters. The number of hydrogen-bond donors (Lipinski definition) is 1. The number of rotatable bonds is 9. The number of para-hydroxylation sites is 1. The second-order valence-corrected chi connectivity index (χ2v) is 13.6. The first-order valence-corrected chi connectivity index (χ1v) is 14.9. The third-order valence-electron chi connectivity index (χ3n) is 8.20. The van der Waals surface area contributed by atoms with Crippen LogP contribution in [0.5, 0.6) is 5.75 Å². The van der Waals surface area contributed by atoms with Crippen molar-refractivity contribution in [3.63, 3.8) is 0 Å². The quantitative estimate of drug-likeness (QED) is 0.354. The molecule has 0 bridgehead atoms. The third-order valence-corrected chi connectivity index (χ3v) is 10.2. The van der Waals surface area contributed by atoms with Gasteiger partial charge in [0, 0.05) is 5.56 Å². The highest BCUT2D eigenvalue weighted by atomic mass is 31.2. The summed E-state index contributed by atoms with van der Waals surface area (Å²) in [6.07, 6.45) is 5.67. The number of aliphatic hydroxyl groups is 1. The van der Waals surface area contributed by atoms with E-state index in [1.807, 2.05) is 12.1 Å². The molecule has 0 radical (unpaired) electrons. The first kappa shape index (κ1) is 27.7. The molecule has 0 amide bonds. The van der Waals surface area contributed by atoms with Gasteiger partial charge in [-0.3, -0.25) is 4.57 Å². The van der Waals surface area contributed by atoms with Crippen molar-refractivity contribution in [2.24, 2.45) is 35.5 Å². The van der Waals surface area contributed by atoms with Gasteiger partial charge in [-0.05, 0) is 67.3 Å². The first-order valence-electron chi connectivity index (χ1n) is 13.3. The highest BCUT2D eigenvalue weighted by Gasteiger charge is 2.47. The number of aliphatic hydroxyl groups excluding tert-OH is 1. The normalized spacial score (nSPS) is 33.0. The van der Waals surface area contributed by atoms with E-state index in [9.17, 15) is 9.67 Å². The van der Waals surface area contributed by atoms with Gasteiger partial charge in [-0.25, -0.2) is 0 Å². The van der Waals surface area contributed by atoms with Crippen LogP contribution in [0.15, 0.2) is 24.3 Å². The Labute approximate surface area is 207 Å². The van der Waals surface area contributed by atoms with Crippen LogP contribution in [0.4, 0.5) is 0 Å². The molecule has 0 aliphatic heterocycles. The van der Waals surface area contributed by atoms with E-state index >= 15 is 0 Å². The largest absolute Gasteiger partial charge is 0.496 e. The fourth-order valence-corrected chi connectivity index (χ4v) is 8.11. The summed E-state index contributed by atoms with van der Waals surface area (Å²) in [6, 6.07) is 7.21. The molecule has 1 aromatic carbocycles. The van der Waals surface area contributed by atoms with Crippen LogP contribution in [0.3, 0.4) is 0 Å². The van der Waals surface area contributed by atoms with Gasteiger partial charge in [0.1, 0.15) is 5.75 Å². The molecule has 34 heavy (non-hydrogen) atoms. The zero-order valence-electron chi connectivity index (χ0n) is 22.3. The zero-order chi connectivity index (χ0) is 25.0. The van der Waals surface area contributed by atoms with Crippen LogP contribution in [0, 0.1) is 35.5 Å². The predicted molar refractivity (Wildman–Crippen MR) is 138 cm³/mol. The van der Waals surface area contributed by atoms with E-state index in [1.165, 1.54) is 0 Å². The summed E-state index contributed by atoms with van der Waals surface area (Å²) in [7, 11) is -2.38. The van der Waals surface area contributed by atoms with Crippen molar-refractivity contribution in [2.45, 2.75) is 98.1 Å². The minimum Gasteiger partial charge on any atom is -0.496 e. The summed E-state index contributed by atoms with van der Waals surface area (Å²) in [5, 5.41) is 11.6. The Bertz CT molecular complexity index is 787. The SMILES string of the molecule is COc1ccccc1[C@H](O)P(=O)(O[C@@H]1C[C@H](C)CC[C@@H]1C(C)C)O[C@@H]1C[C@H](C)CC[C@H]1C(C)C. The molecule has 5 nitrogen and oxygen atoms in total. The van der Waals surface area contributed by atoms with Gasteiger partial charge >= 0.3 is 7.60 Å². The van der Waals surface area contributed by atoms with E-state index in [0.717, 1.165) is 38.5 Å². The molecular weight excluding hydrogens is 447 g/mol. The molecule has 0 saturated heterocycles. The maximum Gasteiger partial charge on any atom is 0.364 e.